The topological polar surface area (TPSA) is 84.9 Å². The molecule has 2 amide bonds. The molecule has 3 aromatic carbocycles. The minimum atomic E-state index is -0.577. The van der Waals surface area contributed by atoms with E-state index >= 15 is 0 Å². The number of nitrogens with zero attached hydrogens (tertiary/aromatic N) is 1. The molecule has 0 saturated carbocycles. The third kappa shape index (κ3) is 6.25. The second kappa shape index (κ2) is 12.0. The lowest BCUT2D eigenvalue weighted by Crippen LogP contribution is -2.24. The summed E-state index contributed by atoms with van der Waals surface area (Å²) in [5, 5.41) is 3.76. The highest BCUT2D eigenvalue weighted by Gasteiger charge is 2.38. The molecule has 194 valence electrons. The molecule has 0 bridgehead atoms. The van der Waals surface area contributed by atoms with Crippen molar-refractivity contribution >= 4 is 58.4 Å². The molecule has 3 aromatic rings. The molecule has 0 unspecified atom stereocenters. The standard InChI is InChI=1S/C29H24Cl2N2O5/c1-3-37-29(36)27-18(2)33(23-11-9-20(30)10-12-23)28(35)25(27)15-19-7-13-24(14-8-19)38-17-26(34)32-22-6-4-5-21(31)16-22/h4-16H,3,17H2,1-2H3,(H,32,34)/b25-15-. The summed E-state index contributed by atoms with van der Waals surface area (Å²) in [6, 6.07) is 20.4. The molecule has 1 heterocycles. The molecule has 38 heavy (non-hydrogen) atoms. The maximum Gasteiger partial charge on any atom is 0.340 e. The van der Waals surface area contributed by atoms with E-state index in [0.717, 1.165) is 0 Å². The van der Waals surface area contributed by atoms with E-state index in [1.165, 1.54) is 4.90 Å². The fraction of sp³-hybridized carbons (Fsp3) is 0.138. The molecule has 1 N–H and O–H groups in total. The SMILES string of the molecule is CCOC(=O)C1=C(C)N(c2ccc(Cl)cc2)C(=O)/C1=C\c1ccc(OCC(=O)Nc2cccc(Cl)c2)cc1. The first kappa shape index (κ1) is 27.0. The molecule has 0 saturated heterocycles. The van der Waals surface area contributed by atoms with Gasteiger partial charge in [0.05, 0.1) is 17.8 Å². The number of carbonyl (C=O) groups is 3. The van der Waals surface area contributed by atoms with Gasteiger partial charge >= 0.3 is 5.97 Å². The Kier molecular flexibility index (Phi) is 8.51. The van der Waals surface area contributed by atoms with Crippen LogP contribution >= 0.6 is 23.2 Å². The normalized spacial score (nSPS) is 14.2. The Morgan fingerprint density at radius 2 is 1.68 bits per heavy atom. The molecule has 1 aliphatic heterocycles. The van der Waals surface area contributed by atoms with Gasteiger partial charge in [0.2, 0.25) is 0 Å². The first-order valence-electron chi connectivity index (χ1n) is 11.7. The van der Waals surface area contributed by atoms with Crippen LogP contribution in [0.15, 0.2) is 89.6 Å². The summed E-state index contributed by atoms with van der Waals surface area (Å²) in [5.74, 6) is -0.805. The molecule has 4 rings (SSSR count). The lowest BCUT2D eigenvalue weighted by atomic mass is 10.0. The smallest absolute Gasteiger partial charge is 0.340 e. The van der Waals surface area contributed by atoms with Gasteiger partial charge in [-0.05, 0) is 80.1 Å². The maximum atomic E-state index is 13.4. The van der Waals surface area contributed by atoms with Crippen molar-refractivity contribution in [3.8, 4) is 5.75 Å². The summed E-state index contributed by atoms with van der Waals surface area (Å²) in [4.78, 5) is 39.9. The number of ether oxygens (including phenoxy) is 2. The van der Waals surface area contributed by atoms with Crippen LogP contribution in [0.1, 0.15) is 19.4 Å². The number of allylic oxidation sites excluding steroid dienone is 1. The lowest BCUT2D eigenvalue weighted by molar-refractivity contribution is -0.138. The van der Waals surface area contributed by atoms with E-state index in [-0.39, 0.29) is 36.2 Å². The van der Waals surface area contributed by atoms with Gasteiger partial charge in [-0.3, -0.25) is 14.5 Å². The van der Waals surface area contributed by atoms with Crippen molar-refractivity contribution in [1.82, 2.24) is 0 Å². The van der Waals surface area contributed by atoms with Crippen LogP contribution in [-0.4, -0.2) is 31.0 Å². The van der Waals surface area contributed by atoms with E-state index in [4.69, 9.17) is 32.7 Å². The average Bonchev–Trinajstić information content (AvgIpc) is 3.13. The highest BCUT2D eigenvalue weighted by molar-refractivity contribution is 6.31. The number of hydrogen-bond acceptors (Lipinski definition) is 5. The minimum absolute atomic E-state index is 0.176. The highest BCUT2D eigenvalue weighted by atomic mass is 35.5. The molecule has 9 heteroatoms. The van der Waals surface area contributed by atoms with Gasteiger partial charge < -0.3 is 14.8 Å². The molecule has 0 fully saturated rings. The number of rotatable bonds is 8. The predicted octanol–water partition coefficient (Wildman–Crippen LogP) is 6.28. The summed E-state index contributed by atoms with van der Waals surface area (Å²) in [7, 11) is 0. The van der Waals surface area contributed by atoms with Gasteiger partial charge in [-0.2, -0.15) is 0 Å². The molecular formula is C29H24Cl2N2O5. The molecule has 0 atom stereocenters. The first-order chi connectivity index (χ1) is 18.3. The van der Waals surface area contributed by atoms with Crippen molar-refractivity contribution in [2.24, 2.45) is 0 Å². The number of carbonyl (C=O) groups excluding carboxylic acids is 3. The third-order valence-corrected chi connectivity index (χ3v) is 6.12. The van der Waals surface area contributed by atoms with E-state index in [2.05, 4.69) is 5.32 Å². The van der Waals surface area contributed by atoms with E-state index in [1.54, 1.807) is 92.7 Å². The average molecular weight is 551 g/mol. The maximum absolute atomic E-state index is 13.4. The Labute approximate surface area is 230 Å². The monoisotopic (exact) mass is 550 g/mol. The number of nitrogens with one attached hydrogen (secondary N) is 1. The van der Waals surface area contributed by atoms with E-state index in [0.29, 0.717) is 38.4 Å². The number of benzene rings is 3. The van der Waals surface area contributed by atoms with E-state index in [1.807, 2.05) is 0 Å². The molecule has 0 spiro atoms. The summed E-state index contributed by atoms with van der Waals surface area (Å²) in [6.07, 6.45) is 1.63. The first-order valence-corrected chi connectivity index (χ1v) is 12.5. The fourth-order valence-corrected chi connectivity index (χ4v) is 4.24. The van der Waals surface area contributed by atoms with Crippen LogP contribution in [0.5, 0.6) is 5.75 Å². The van der Waals surface area contributed by atoms with Gasteiger partial charge in [-0.15, -0.1) is 0 Å². The predicted molar refractivity (Wildman–Crippen MR) is 148 cm³/mol. The van der Waals surface area contributed by atoms with Gasteiger partial charge in [-0.1, -0.05) is 41.4 Å². The van der Waals surface area contributed by atoms with Crippen molar-refractivity contribution in [3.05, 3.63) is 105 Å². The highest BCUT2D eigenvalue weighted by Crippen LogP contribution is 2.36. The van der Waals surface area contributed by atoms with Crippen LogP contribution in [0.2, 0.25) is 10.0 Å². The second-order valence-corrected chi connectivity index (χ2v) is 9.14. The second-order valence-electron chi connectivity index (χ2n) is 8.27. The Morgan fingerprint density at radius 1 is 0.974 bits per heavy atom. The van der Waals surface area contributed by atoms with Gasteiger partial charge in [0.1, 0.15) is 5.75 Å². The molecular weight excluding hydrogens is 527 g/mol. The van der Waals surface area contributed by atoms with Crippen LogP contribution < -0.4 is 15.0 Å². The summed E-state index contributed by atoms with van der Waals surface area (Å²) >= 11 is 11.9. The zero-order valence-corrected chi connectivity index (χ0v) is 22.2. The zero-order valence-electron chi connectivity index (χ0n) is 20.7. The Balaban J connectivity index is 1.51. The van der Waals surface area contributed by atoms with Crippen LogP contribution in [0, 0.1) is 0 Å². The third-order valence-electron chi connectivity index (χ3n) is 5.63. The van der Waals surface area contributed by atoms with Crippen molar-refractivity contribution in [1.29, 1.82) is 0 Å². The Bertz CT molecular complexity index is 1430. The molecule has 0 aromatic heterocycles. The van der Waals surface area contributed by atoms with Crippen LogP contribution in [0.25, 0.3) is 6.08 Å². The van der Waals surface area contributed by atoms with Gasteiger partial charge in [0, 0.05) is 27.1 Å². The molecule has 1 aliphatic rings. The summed E-state index contributed by atoms with van der Waals surface area (Å²) in [6.45, 7) is 3.38. The van der Waals surface area contributed by atoms with Crippen molar-refractivity contribution < 1.29 is 23.9 Å². The fourth-order valence-electron chi connectivity index (χ4n) is 3.92. The largest absolute Gasteiger partial charge is 0.484 e. The van der Waals surface area contributed by atoms with Gasteiger partial charge in [0.25, 0.3) is 11.8 Å². The molecule has 0 radical (unpaired) electrons. The zero-order chi connectivity index (χ0) is 27.2. The number of hydrogen-bond donors (Lipinski definition) is 1. The summed E-state index contributed by atoms with van der Waals surface area (Å²) in [5.41, 5.74) is 2.70. The molecule has 7 nitrogen and oxygen atoms in total. The van der Waals surface area contributed by atoms with Crippen molar-refractivity contribution in [2.45, 2.75) is 13.8 Å². The van der Waals surface area contributed by atoms with E-state index in [9.17, 15) is 14.4 Å². The number of amides is 2. The minimum Gasteiger partial charge on any atom is -0.484 e. The molecule has 0 aliphatic carbocycles. The Hall–Kier alpha value is -4.07. The number of esters is 1. The quantitative estimate of drug-likeness (QED) is 0.263. The number of halogens is 2. The van der Waals surface area contributed by atoms with Crippen LogP contribution in [-0.2, 0) is 19.1 Å². The van der Waals surface area contributed by atoms with Crippen molar-refractivity contribution in [2.75, 3.05) is 23.4 Å². The van der Waals surface area contributed by atoms with Crippen molar-refractivity contribution in [3.63, 3.8) is 0 Å². The van der Waals surface area contributed by atoms with Crippen LogP contribution in [0.4, 0.5) is 11.4 Å². The van der Waals surface area contributed by atoms with Gasteiger partial charge in [-0.25, -0.2) is 4.79 Å². The number of anilines is 2. The lowest BCUT2D eigenvalue weighted by Gasteiger charge is -2.18. The summed E-state index contributed by atoms with van der Waals surface area (Å²) < 4.78 is 10.8. The van der Waals surface area contributed by atoms with Crippen LogP contribution in [0.3, 0.4) is 0 Å². The van der Waals surface area contributed by atoms with E-state index < -0.39 is 5.97 Å². The van der Waals surface area contributed by atoms with Gasteiger partial charge in [0.15, 0.2) is 6.61 Å². The Morgan fingerprint density at radius 3 is 2.34 bits per heavy atom.